The summed E-state index contributed by atoms with van der Waals surface area (Å²) in [5.41, 5.74) is 3.63. The quantitative estimate of drug-likeness (QED) is 0.695. The maximum atomic E-state index is 12.8. The van der Waals surface area contributed by atoms with Crippen molar-refractivity contribution in [3.8, 4) is 0 Å². The lowest BCUT2D eigenvalue weighted by Crippen LogP contribution is -2.44. The number of piperidine rings is 1. The monoisotopic (exact) mass is 377 g/mol. The Labute approximate surface area is 162 Å². The van der Waals surface area contributed by atoms with Crippen molar-refractivity contribution in [2.75, 3.05) is 13.1 Å². The van der Waals surface area contributed by atoms with Crippen molar-refractivity contribution in [1.29, 1.82) is 0 Å². The van der Waals surface area contributed by atoms with Gasteiger partial charge in [-0.15, -0.1) is 5.10 Å². The van der Waals surface area contributed by atoms with Crippen molar-refractivity contribution >= 4 is 22.9 Å². The summed E-state index contributed by atoms with van der Waals surface area (Å²) in [5, 5.41) is 12.2. The Bertz CT molecular complexity index is 1040. The van der Waals surface area contributed by atoms with Crippen LogP contribution in [0.1, 0.15) is 37.1 Å². The molecule has 1 aliphatic carbocycles. The van der Waals surface area contributed by atoms with Crippen LogP contribution in [-0.2, 0) is 17.8 Å². The minimum absolute atomic E-state index is 0.163. The van der Waals surface area contributed by atoms with E-state index in [9.17, 15) is 4.79 Å². The third-order valence-electron chi connectivity index (χ3n) is 6.04. The molecule has 0 saturated carbocycles. The van der Waals surface area contributed by atoms with E-state index >= 15 is 0 Å². The van der Waals surface area contributed by atoms with Gasteiger partial charge in [0.1, 0.15) is 6.33 Å². The second kappa shape index (κ2) is 6.85. The zero-order chi connectivity index (χ0) is 19.1. The van der Waals surface area contributed by atoms with Crippen molar-refractivity contribution in [3.63, 3.8) is 0 Å². The van der Waals surface area contributed by atoms with Crippen molar-refractivity contribution in [2.45, 2.75) is 38.8 Å². The third kappa shape index (κ3) is 2.89. The smallest absolute Gasteiger partial charge is 0.224 e. The molecule has 4 heterocycles. The Hall–Kier alpha value is -3.03. The molecule has 5 rings (SSSR count). The molecule has 8 heteroatoms. The molecule has 1 aliphatic heterocycles. The normalized spacial score (nSPS) is 21.4. The van der Waals surface area contributed by atoms with Crippen molar-refractivity contribution in [2.24, 2.45) is 5.92 Å². The van der Waals surface area contributed by atoms with Gasteiger partial charge in [0, 0.05) is 49.3 Å². The molecule has 1 amide bonds. The van der Waals surface area contributed by atoms with Crippen LogP contribution in [0.25, 0.3) is 17.0 Å². The topological polar surface area (TPSA) is 81.7 Å². The Morgan fingerprint density at radius 1 is 1.36 bits per heavy atom. The fraction of sp³-hybridized carbons (Fsp3) is 0.450. The highest BCUT2D eigenvalue weighted by atomic mass is 16.2. The van der Waals surface area contributed by atoms with Crippen LogP contribution in [-0.4, -0.2) is 53.7 Å². The third-order valence-corrected chi connectivity index (χ3v) is 6.04. The highest BCUT2D eigenvalue weighted by molar-refractivity contribution is 5.90. The zero-order valence-electron chi connectivity index (χ0n) is 15.9. The average molecular weight is 377 g/mol. The lowest BCUT2D eigenvalue weighted by molar-refractivity contribution is -0.133. The number of tetrazole rings is 1. The van der Waals surface area contributed by atoms with Gasteiger partial charge >= 0.3 is 0 Å². The number of aryl methyl sites for hydroxylation is 1. The number of allylic oxidation sites excluding steroid dienone is 1. The molecule has 2 aliphatic rings. The molecule has 8 nitrogen and oxygen atoms in total. The number of amides is 1. The zero-order valence-corrected chi connectivity index (χ0v) is 15.9. The fourth-order valence-electron chi connectivity index (χ4n) is 4.41. The molecule has 3 aromatic rings. The minimum atomic E-state index is 0.163. The van der Waals surface area contributed by atoms with Gasteiger partial charge in [-0.1, -0.05) is 19.1 Å². The fourth-order valence-corrected chi connectivity index (χ4v) is 4.41. The number of hydrogen-bond acceptors (Lipinski definition) is 5. The van der Waals surface area contributed by atoms with E-state index in [1.54, 1.807) is 11.0 Å². The molecule has 0 N–H and O–H groups in total. The SMILES string of the molecule is C[C@@H]1CCN(C(=O)CCn2cnnn2)C[C@@H]1n1ccc2cnc3c(c21)C=CC3. The summed E-state index contributed by atoms with van der Waals surface area (Å²) in [7, 11) is 0. The van der Waals surface area contributed by atoms with Gasteiger partial charge < -0.3 is 9.47 Å². The number of carbonyl (C=O) groups is 1. The molecule has 0 bridgehead atoms. The lowest BCUT2D eigenvalue weighted by atomic mass is 9.92. The van der Waals surface area contributed by atoms with Crippen LogP contribution in [0.15, 0.2) is 30.9 Å². The van der Waals surface area contributed by atoms with Crippen LogP contribution < -0.4 is 0 Å². The largest absolute Gasteiger partial charge is 0.342 e. The number of fused-ring (bicyclic) bond motifs is 3. The number of rotatable bonds is 4. The van der Waals surface area contributed by atoms with E-state index in [-0.39, 0.29) is 11.9 Å². The summed E-state index contributed by atoms with van der Waals surface area (Å²) in [5.74, 6) is 0.670. The summed E-state index contributed by atoms with van der Waals surface area (Å²) < 4.78 is 3.97. The van der Waals surface area contributed by atoms with E-state index in [0.717, 1.165) is 31.6 Å². The van der Waals surface area contributed by atoms with E-state index < -0.39 is 0 Å². The Morgan fingerprint density at radius 3 is 3.14 bits per heavy atom. The first kappa shape index (κ1) is 17.1. The average Bonchev–Trinajstić information content (AvgIpc) is 3.45. The molecular formula is C20H23N7O. The van der Waals surface area contributed by atoms with Gasteiger partial charge in [0.15, 0.2) is 0 Å². The molecule has 0 radical (unpaired) electrons. The van der Waals surface area contributed by atoms with Crippen molar-refractivity contribution in [3.05, 3.63) is 42.1 Å². The van der Waals surface area contributed by atoms with E-state index in [4.69, 9.17) is 0 Å². The summed E-state index contributed by atoms with van der Waals surface area (Å²) in [6.45, 7) is 4.35. The van der Waals surface area contributed by atoms with Gasteiger partial charge in [-0.2, -0.15) is 0 Å². The van der Waals surface area contributed by atoms with Gasteiger partial charge in [0.05, 0.1) is 23.8 Å². The second-order valence-corrected chi connectivity index (χ2v) is 7.75. The van der Waals surface area contributed by atoms with Crippen LogP contribution in [0.4, 0.5) is 0 Å². The Morgan fingerprint density at radius 2 is 2.29 bits per heavy atom. The van der Waals surface area contributed by atoms with Gasteiger partial charge in [-0.25, -0.2) is 4.68 Å². The standard InChI is InChI=1S/C20H23N7O/c1-14-5-8-25(19(28)7-9-26-13-22-23-24-26)12-18(14)27-10-6-15-11-21-17-4-2-3-16(17)20(15)27/h2-3,6,10-11,13-14,18H,4-5,7-9,12H2,1H3/t14-,18+/m1/s1. The molecule has 1 fully saturated rings. The van der Waals surface area contributed by atoms with Crippen LogP contribution in [0.3, 0.4) is 0 Å². The van der Waals surface area contributed by atoms with Gasteiger partial charge in [-0.3, -0.25) is 9.78 Å². The van der Waals surface area contributed by atoms with E-state index in [0.29, 0.717) is 18.9 Å². The molecule has 2 atom stereocenters. The maximum absolute atomic E-state index is 12.8. The van der Waals surface area contributed by atoms with E-state index in [2.05, 4.69) is 56.4 Å². The maximum Gasteiger partial charge on any atom is 0.224 e. The first-order chi connectivity index (χ1) is 13.7. The highest BCUT2D eigenvalue weighted by Crippen LogP contribution is 2.35. The molecule has 0 aromatic carbocycles. The number of hydrogen-bond donors (Lipinski definition) is 0. The summed E-state index contributed by atoms with van der Waals surface area (Å²) >= 11 is 0. The van der Waals surface area contributed by atoms with Crippen LogP contribution in [0.2, 0.25) is 0 Å². The molecular weight excluding hydrogens is 354 g/mol. The van der Waals surface area contributed by atoms with Gasteiger partial charge in [0.2, 0.25) is 5.91 Å². The predicted molar refractivity (Wildman–Crippen MR) is 104 cm³/mol. The number of aromatic nitrogens is 6. The molecule has 0 unspecified atom stereocenters. The summed E-state index contributed by atoms with van der Waals surface area (Å²) in [6.07, 6.45) is 12.4. The Balaban J connectivity index is 1.39. The van der Waals surface area contributed by atoms with Gasteiger partial charge in [-0.05, 0) is 28.8 Å². The van der Waals surface area contributed by atoms with E-state index in [1.165, 1.54) is 16.5 Å². The highest BCUT2D eigenvalue weighted by Gasteiger charge is 2.31. The number of pyridine rings is 1. The lowest BCUT2D eigenvalue weighted by Gasteiger charge is -2.38. The van der Waals surface area contributed by atoms with Crippen LogP contribution in [0, 0.1) is 5.92 Å². The Kier molecular flexibility index (Phi) is 4.18. The van der Waals surface area contributed by atoms with Crippen LogP contribution in [0.5, 0.6) is 0 Å². The number of likely N-dealkylation sites (tertiary alicyclic amines) is 1. The summed E-state index contributed by atoms with van der Waals surface area (Å²) in [4.78, 5) is 19.4. The first-order valence-corrected chi connectivity index (χ1v) is 9.84. The summed E-state index contributed by atoms with van der Waals surface area (Å²) in [6, 6.07) is 2.41. The van der Waals surface area contributed by atoms with Crippen molar-refractivity contribution < 1.29 is 4.79 Å². The molecule has 144 valence electrons. The van der Waals surface area contributed by atoms with Crippen LogP contribution >= 0.6 is 0 Å². The molecule has 3 aromatic heterocycles. The molecule has 28 heavy (non-hydrogen) atoms. The first-order valence-electron chi connectivity index (χ1n) is 9.84. The van der Waals surface area contributed by atoms with Crippen molar-refractivity contribution in [1.82, 2.24) is 34.7 Å². The van der Waals surface area contributed by atoms with E-state index in [1.807, 2.05) is 11.1 Å². The van der Waals surface area contributed by atoms with Gasteiger partial charge in [0.25, 0.3) is 0 Å². The second-order valence-electron chi connectivity index (χ2n) is 7.75. The minimum Gasteiger partial charge on any atom is -0.342 e. The molecule has 1 saturated heterocycles. The number of carbonyl (C=O) groups excluding carboxylic acids is 1. The number of nitrogens with zero attached hydrogens (tertiary/aromatic N) is 7. The molecule has 0 spiro atoms. The predicted octanol–water partition coefficient (Wildman–Crippen LogP) is 2.09.